The maximum atomic E-state index is 13.7. The lowest BCUT2D eigenvalue weighted by molar-refractivity contribution is -0.163. The van der Waals surface area contributed by atoms with E-state index in [1.165, 1.54) is 0 Å². The molecule has 8 heteroatoms. The summed E-state index contributed by atoms with van der Waals surface area (Å²) >= 11 is 0. The van der Waals surface area contributed by atoms with E-state index in [1.54, 1.807) is 13.0 Å². The molecule has 0 bridgehead atoms. The first kappa shape index (κ1) is 31.6. The summed E-state index contributed by atoms with van der Waals surface area (Å²) in [7, 11) is 0. The molecule has 0 amide bonds. The van der Waals surface area contributed by atoms with Gasteiger partial charge in [0.2, 0.25) is 0 Å². The van der Waals surface area contributed by atoms with E-state index in [-0.39, 0.29) is 43.0 Å². The number of benzene rings is 2. The summed E-state index contributed by atoms with van der Waals surface area (Å²) in [5.41, 5.74) is 2.87. The number of hydrogen-bond donors (Lipinski definition) is 3. The van der Waals surface area contributed by atoms with E-state index in [2.05, 4.69) is 0 Å². The maximum Gasteiger partial charge on any atom is 0.323 e. The highest BCUT2D eigenvalue weighted by atomic mass is 16.6. The Bertz CT molecular complexity index is 1630. The van der Waals surface area contributed by atoms with Gasteiger partial charge in [-0.3, -0.25) is 14.4 Å². The average molecular weight is 616 g/mol. The molecule has 2 aromatic carbocycles. The van der Waals surface area contributed by atoms with Crippen LogP contribution in [-0.2, 0) is 30.3 Å². The molecule has 240 valence electrons. The molecule has 0 spiro atoms. The molecular formula is C37H45NO7. The van der Waals surface area contributed by atoms with Crippen molar-refractivity contribution in [3.63, 3.8) is 0 Å². The third-order valence-electron chi connectivity index (χ3n) is 11.4. The highest BCUT2D eigenvalue weighted by Gasteiger charge is 2.82. The Labute approximate surface area is 264 Å². The summed E-state index contributed by atoms with van der Waals surface area (Å²) in [5.74, 6) is -3.38. The normalized spacial score (nSPS) is 35.4. The van der Waals surface area contributed by atoms with Crippen LogP contribution in [0.5, 0.6) is 0 Å². The largest absolute Gasteiger partial charge is 0.460 e. The van der Waals surface area contributed by atoms with Gasteiger partial charge in [-0.15, -0.1) is 0 Å². The van der Waals surface area contributed by atoms with Crippen LogP contribution in [-0.4, -0.2) is 57.4 Å². The Balaban J connectivity index is 1.35. The number of aliphatic hydroxyl groups is 2. The van der Waals surface area contributed by atoms with Gasteiger partial charge >= 0.3 is 11.9 Å². The van der Waals surface area contributed by atoms with Crippen LogP contribution in [0.15, 0.2) is 65.8 Å². The van der Waals surface area contributed by atoms with Crippen molar-refractivity contribution in [1.82, 2.24) is 0 Å². The van der Waals surface area contributed by atoms with Gasteiger partial charge in [-0.05, 0) is 45.7 Å². The molecule has 0 saturated heterocycles. The molecular weight excluding hydrogens is 570 g/mol. The van der Waals surface area contributed by atoms with Crippen LogP contribution in [0, 0.1) is 35.0 Å². The van der Waals surface area contributed by atoms with Gasteiger partial charge < -0.3 is 25.4 Å². The van der Waals surface area contributed by atoms with E-state index in [0.717, 1.165) is 16.3 Å². The third-order valence-corrected chi connectivity index (χ3v) is 11.4. The predicted octanol–water partition coefficient (Wildman–Crippen LogP) is 4.44. The van der Waals surface area contributed by atoms with Crippen LogP contribution in [0.3, 0.4) is 0 Å². The van der Waals surface area contributed by atoms with Gasteiger partial charge in [-0.25, -0.2) is 0 Å². The van der Waals surface area contributed by atoms with Crippen LogP contribution >= 0.6 is 0 Å². The standard InChI is InChI=1S/C37H45NO7/c1-20(2)30(38)33(41)44-19-23-15-27-31-34(5,6)36(31,45-29(39)16-25-12-9-11-24-10-7-8-13-26(24)25)17-22(4)37(27,43)28-14-21(3)32(40)35(28,42)18-23/h7-15,20-22,27,30-31,42-43H,16-19,38H2,1-6H3/t21?,22-,27?,30?,31+,35-,36+,37-/m1/s1. The smallest absolute Gasteiger partial charge is 0.323 e. The summed E-state index contributed by atoms with van der Waals surface area (Å²) in [6.07, 6.45) is 3.96. The number of nitrogens with two attached hydrogens (primary N) is 1. The van der Waals surface area contributed by atoms with E-state index in [4.69, 9.17) is 15.2 Å². The number of fused-ring (bicyclic) bond motifs is 6. The van der Waals surface area contributed by atoms with Crippen molar-refractivity contribution in [1.29, 1.82) is 0 Å². The topological polar surface area (TPSA) is 136 Å². The molecule has 2 fully saturated rings. The van der Waals surface area contributed by atoms with Crippen LogP contribution in [0.4, 0.5) is 0 Å². The minimum atomic E-state index is -1.93. The fourth-order valence-electron chi connectivity index (χ4n) is 8.82. The average Bonchev–Trinajstić information content (AvgIpc) is 3.39. The zero-order valence-corrected chi connectivity index (χ0v) is 27.0. The van der Waals surface area contributed by atoms with Crippen molar-refractivity contribution in [3.05, 3.63) is 71.3 Å². The second-order valence-corrected chi connectivity index (χ2v) is 14.8. The molecule has 3 unspecified atom stereocenters. The lowest BCUT2D eigenvalue weighted by Crippen LogP contribution is -2.57. The van der Waals surface area contributed by atoms with Gasteiger partial charge in [0, 0.05) is 29.6 Å². The van der Waals surface area contributed by atoms with Crippen molar-refractivity contribution < 1.29 is 34.1 Å². The number of carbonyl (C=O) groups excluding carboxylic acids is 3. The van der Waals surface area contributed by atoms with Crippen LogP contribution in [0.25, 0.3) is 10.8 Å². The third kappa shape index (κ3) is 4.63. The van der Waals surface area contributed by atoms with E-state index < -0.39 is 52.0 Å². The first-order chi connectivity index (χ1) is 21.1. The Morgan fingerprint density at radius 2 is 1.73 bits per heavy atom. The number of ether oxygens (including phenoxy) is 2. The van der Waals surface area contributed by atoms with E-state index >= 15 is 0 Å². The molecule has 8 nitrogen and oxygen atoms in total. The number of allylic oxidation sites excluding steroid dienone is 1. The molecule has 2 aromatic rings. The Kier molecular flexibility index (Phi) is 7.46. The molecule has 0 aliphatic heterocycles. The van der Waals surface area contributed by atoms with Gasteiger partial charge in [-0.1, -0.05) is 96.2 Å². The monoisotopic (exact) mass is 615 g/mol. The second-order valence-electron chi connectivity index (χ2n) is 14.8. The van der Waals surface area contributed by atoms with Crippen molar-refractivity contribution >= 4 is 28.5 Å². The molecule has 4 aliphatic carbocycles. The van der Waals surface area contributed by atoms with Gasteiger partial charge in [0.25, 0.3) is 0 Å². The van der Waals surface area contributed by atoms with Gasteiger partial charge in [0.05, 0.1) is 12.0 Å². The van der Waals surface area contributed by atoms with Crippen molar-refractivity contribution in [2.24, 2.45) is 40.7 Å². The zero-order valence-electron chi connectivity index (χ0n) is 27.0. The number of carbonyl (C=O) groups is 3. The predicted molar refractivity (Wildman–Crippen MR) is 170 cm³/mol. The van der Waals surface area contributed by atoms with Gasteiger partial charge in [0.15, 0.2) is 11.4 Å². The molecule has 4 aliphatic rings. The van der Waals surface area contributed by atoms with Crippen molar-refractivity contribution in [2.45, 2.75) is 83.6 Å². The molecule has 0 aromatic heterocycles. The fraction of sp³-hybridized carbons (Fsp3) is 0.541. The van der Waals surface area contributed by atoms with E-state index in [1.807, 2.05) is 83.2 Å². The van der Waals surface area contributed by atoms with Crippen LogP contribution in [0.2, 0.25) is 0 Å². The van der Waals surface area contributed by atoms with Gasteiger partial charge in [-0.2, -0.15) is 0 Å². The van der Waals surface area contributed by atoms with E-state index in [0.29, 0.717) is 17.6 Å². The first-order valence-electron chi connectivity index (χ1n) is 16.1. The maximum absolute atomic E-state index is 13.7. The Hall–Kier alpha value is -3.33. The molecule has 0 radical (unpaired) electrons. The lowest BCUT2D eigenvalue weighted by Gasteiger charge is -2.48. The fourth-order valence-corrected chi connectivity index (χ4v) is 8.82. The summed E-state index contributed by atoms with van der Waals surface area (Å²) < 4.78 is 12.1. The minimum Gasteiger partial charge on any atom is -0.460 e. The summed E-state index contributed by atoms with van der Waals surface area (Å²) in [6.45, 7) is 11.2. The summed E-state index contributed by atoms with van der Waals surface area (Å²) in [4.78, 5) is 39.8. The first-order valence-corrected chi connectivity index (χ1v) is 16.1. The minimum absolute atomic E-state index is 0.0985. The Morgan fingerprint density at radius 1 is 1.04 bits per heavy atom. The van der Waals surface area contributed by atoms with E-state index in [9.17, 15) is 24.6 Å². The molecule has 45 heavy (non-hydrogen) atoms. The quantitative estimate of drug-likeness (QED) is 0.307. The van der Waals surface area contributed by atoms with Crippen molar-refractivity contribution in [3.8, 4) is 0 Å². The van der Waals surface area contributed by atoms with Crippen LogP contribution in [0.1, 0.15) is 59.9 Å². The second kappa shape index (κ2) is 10.6. The number of ketones is 1. The Morgan fingerprint density at radius 3 is 2.44 bits per heavy atom. The number of hydrogen-bond acceptors (Lipinski definition) is 8. The summed E-state index contributed by atoms with van der Waals surface area (Å²) in [5, 5.41) is 26.8. The van der Waals surface area contributed by atoms with Gasteiger partial charge in [0.1, 0.15) is 18.2 Å². The SMILES string of the molecule is CC1C=C2[C@](O)(CC(COC(=O)C(N)C(C)C)=CC3[C@H]4C(C)(C)[C@]4(OC(=O)Cc4cccc5ccccc45)C[C@@H](C)[C@]23O)C1=O. The highest BCUT2D eigenvalue weighted by molar-refractivity contribution is 5.98. The van der Waals surface area contributed by atoms with Crippen LogP contribution < -0.4 is 5.73 Å². The molecule has 0 heterocycles. The molecule has 4 N–H and O–H groups in total. The molecule has 8 atom stereocenters. The summed E-state index contributed by atoms with van der Waals surface area (Å²) in [6, 6.07) is 13.0. The molecule has 2 saturated carbocycles. The van der Waals surface area contributed by atoms with Crippen molar-refractivity contribution in [2.75, 3.05) is 6.61 Å². The lowest BCUT2D eigenvalue weighted by atomic mass is 9.62. The zero-order chi connectivity index (χ0) is 32.7. The highest BCUT2D eigenvalue weighted by Crippen LogP contribution is 2.76. The number of rotatable bonds is 7. The number of Topliss-reactive ketones (excluding diaryl/α,β-unsaturated/α-hetero) is 1. The molecule has 6 rings (SSSR count). The number of esters is 2.